The summed E-state index contributed by atoms with van der Waals surface area (Å²) in [5, 5.41) is 15.2. The highest BCUT2D eigenvalue weighted by molar-refractivity contribution is 5.57. The van der Waals surface area contributed by atoms with E-state index in [0.717, 1.165) is 23.6 Å². The molecule has 0 aliphatic heterocycles. The Morgan fingerprint density at radius 2 is 2.06 bits per heavy atom. The Labute approximate surface area is 96.3 Å². The van der Waals surface area contributed by atoms with Crippen molar-refractivity contribution >= 4 is 11.6 Å². The Hall–Kier alpha value is -1.36. The van der Waals surface area contributed by atoms with Crippen LogP contribution in [0.25, 0.3) is 0 Å². The molecule has 0 radical (unpaired) electrons. The van der Waals surface area contributed by atoms with Crippen LogP contribution >= 0.6 is 0 Å². The van der Waals surface area contributed by atoms with Crippen molar-refractivity contribution in [2.75, 3.05) is 30.8 Å². The first-order chi connectivity index (χ1) is 7.72. The molecule has 5 nitrogen and oxygen atoms in total. The number of nitrogens with one attached hydrogen (secondary N) is 2. The second kappa shape index (κ2) is 6.27. The van der Waals surface area contributed by atoms with Crippen molar-refractivity contribution in [3.8, 4) is 0 Å². The van der Waals surface area contributed by atoms with Crippen molar-refractivity contribution in [1.82, 2.24) is 9.97 Å². The van der Waals surface area contributed by atoms with E-state index in [9.17, 15) is 0 Å². The molecular formula is C11H20N4O. The third-order valence-corrected chi connectivity index (χ3v) is 2.47. The first-order valence-corrected chi connectivity index (χ1v) is 5.59. The van der Waals surface area contributed by atoms with Gasteiger partial charge in [0.1, 0.15) is 18.0 Å². The molecule has 90 valence electrons. The van der Waals surface area contributed by atoms with Gasteiger partial charge in [0, 0.05) is 25.8 Å². The quantitative estimate of drug-likeness (QED) is 0.675. The molecule has 1 rings (SSSR count). The molecule has 0 spiro atoms. The van der Waals surface area contributed by atoms with Crippen LogP contribution < -0.4 is 10.6 Å². The minimum atomic E-state index is 0.179. The maximum absolute atomic E-state index is 8.95. The van der Waals surface area contributed by atoms with Crippen molar-refractivity contribution in [2.24, 2.45) is 5.92 Å². The van der Waals surface area contributed by atoms with Crippen LogP contribution in [-0.2, 0) is 6.42 Å². The molecule has 1 atom stereocenters. The molecule has 1 heterocycles. The Morgan fingerprint density at radius 3 is 2.62 bits per heavy atom. The van der Waals surface area contributed by atoms with Crippen molar-refractivity contribution in [2.45, 2.75) is 20.3 Å². The van der Waals surface area contributed by atoms with Gasteiger partial charge in [0.2, 0.25) is 0 Å². The molecule has 0 bridgehead atoms. The van der Waals surface area contributed by atoms with Crippen LogP contribution in [0, 0.1) is 5.92 Å². The Balaban J connectivity index is 2.78. The summed E-state index contributed by atoms with van der Waals surface area (Å²) >= 11 is 0. The van der Waals surface area contributed by atoms with Crippen LogP contribution in [0.3, 0.4) is 0 Å². The molecule has 0 saturated carbocycles. The van der Waals surface area contributed by atoms with Crippen LogP contribution in [0.15, 0.2) is 6.33 Å². The number of rotatable bonds is 6. The van der Waals surface area contributed by atoms with Crippen LogP contribution in [0.2, 0.25) is 0 Å². The Kier molecular flexibility index (Phi) is 4.98. The predicted octanol–water partition coefficient (Wildman–Crippen LogP) is 1.12. The zero-order valence-corrected chi connectivity index (χ0v) is 10.1. The van der Waals surface area contributed by atoms with Gasteiger partial charge in [0.05, 0.1) is 0 Å². The summed E-state index contributed by atoms with van der Waals surface area (Å²) in [5.41, 5.74) is 1.08. The van der Waals surface area contributed by atoms with Gasteiger partial charge in [0.25, 0.3) is 0 Å². The lowest BCUT2D eigenvalue weighted by molar-refractivity contribution is 0.244. The van der Waals surface area contributed by atoms with E-state index in [4.69, 9.17) is 5.11 Å². The number of aliphatic hydroxyl groups excluding tert-OH is 1. The highest BCUT2D eigenvalue weighted by Gasteiger charge is 2.09. The fourth-order valence-electron chi connectivity index (χ4n) is 1.45. The van der Waals surface area contributed by atoms with E-state index < -0.39 is 0 Å². The van der Waals surface area contributed by atoms with E-state index in [2.05, 4.69) is 27.5 Å². The maximum Gasteiger partial charge on any atom is 0.134 e. The topological polar surface area (TPSA) is 70.1 Å². The molecular weight excluding hydrogens is 204 g/mol. The average Bonchev–Trinajstić information content (AvgIpc) is 2.34. The summed E-state index contributed by atoms with van der Waals surface area (Å²) in [4.78, 5) is 8.38. The fourth-order valence-corrected chi connectivity index (χ4v) is 1.45. The molecule has 0 fully saturated rings. The highest BCUT2D eigenvalue weighted by Crippen LogP contribution is 2.19. The molecule has 1 unspecified atom stereocenters. The van der Waals surface area contributed by atoms with E-state index in [1.54, 1.807) is 0 Å². The summed E-state index contributed by atoms with van der Waals surface area (Å²) in [6.07, 6.45) is 2.41. The Morgan fingerprint density at radius 1 is 1.38 bits per heavy atom. The largest absolute Gasteiger partial charge is 0.396 e. The lowest BCUT2D eigenvalue weighted by Crippen LogP contribution is -2.17. The van der Waals surface area contributed by atoms with Crippen LogP contribution in [0.5, 0.6) is 0 Å². The van der Waals surface area contributed by atoms with Crippen molar-refractivity contribution in [1.29, 1.82) is 0 Å². The predicted molar refractivity (Wildman–Crippen MR) is 65.7 cm³/mol. The number of hydrogen-bond donors (Lipinski definition) is 3. The highest BCUT2D eigenvalue weighted by atomic mass is 16.3. The second-order valence-corrected chi connectivity index (χ2v) is 3.82. The molecule has 0 saturated heterocycles. The number of aliphatic hydroxyl groups is 1. The SMILES string of the molecule is CCc1c(NC)ncnc1NCC(C)CO. The standard InChI is InChI=1S/C11H20N4O/c1-4-9-10(12-3)14-7-15-11(9)13-5-8(2)6-16/h7-8,16H,4-6H2,1-3H3,(H2,12,13,14,15). The molecule has 16 heavy (non-hydrogen) atoms. The summed E-state index contributed by atoms with van der Waals surface area (Å²) in [7, 11) is 1.85. The zero-order chi connectivity index (χ0) is 12.0. The monoisotopic (exact) mass is 224 g/mol. The maximum atomic E-state index is 8.95. The second-order valence-electron chi connectivity index (χ2n) is 3.82. The number of nitrogens with zero attached hydrogens (tertiary/aromatic N) is 2. The molecule has 0 amide bonds. The molecule has 5 heteroatoms. The Bertz CT molecular complexity index is 330. The van der Waals surface area contributed by atoms with Crippen molar-refractivity contribution in [3.05, 3.63) is 11.9 Å². The molecule has 0 aliphatic rings. The number of anilines is 2. The first kappa shape index (κ1) is 12.7. The molecule has 1 aromatic rings. The normalized spacial score (nSPS) is 12.2. The number of aromatic nitrogens is 2. The first-order valence-electron chi connectivity index (χ1n) is 5.59. The molecule has 1 aromatic heterocycles. The van der Waals surface area contributed by atoms with E-state index in [1.165, 1.54) is 6.33 Å². The summed E-state index contributed by atoms with van der Waals surface area (Å²) in [6.45, 7) is 4.95. The van der Waals surface area contributed by atoms with Gasteiger partial charge >= 0.3 is 0 Å². The zero-order valence-electron chi connectivity index (χ0n) is 10.1. The van der Waals surface area contributed by atoms with Crippen LogP contribution in [-0.4, -0.2) is 35.3 Å². The van der Waals surface area contributed by atoms with E-state index in [-0.39, 0.29) is 12.5 Å². The van der Waals surface area contributed by atoms with Gasteiger partial charge in [-0.2, -0.15) is 0 Å². The third kappa shape index (κ3) is 3.06. The van der Waals surface area contributed by atoms with E-state index in [0.29, 0.717) is 6.54 Å². The lowest BCUT2D eigenvalue weighted by atomic mass is 10.2. The fraction of sp³-hybridized carbons (Fsp3) is 0.636. The minimum absolute atomic E-state index is 0.179. The minimum Gasteiger partial charge on any atom is -0.396 e. The number of hydrogen-bond acceptors (Lipinski definition) is 5. The van der Waals surface area contributed by atoms with Crippen LogP contribution in [0.1, 0.15) is 19.4 Å². The molecule has 0 aliphatic carbocycles. The van der Waals surface area contributed by atoms with Gasteiger partial charge in [-0.25, -0.2) is 9.97 Å². The van der Waals surface area contributed by atoms with Crippen molar-refractivity contribution in [3.63, 3.8) is 0 Å². The van der Waals surface area contributed by atoms with Crippen molar-refractivity contribution < 1.29 is 5.11 Å². The van der Waals surface area contributed by atoms with E-state index >= 15 is 0 Å². The summed E-state index contributed by atoms with van der Waals surface area (Å²) in [5.74, 6) is 1.93. The lowest BCUT2D eigenvalue weighted by Gasteiger charge is -2.14. The van der Waals surface area contributed by atoms with Gasteiger partial charge in [-0.05, 0) is 12.3 Å². The van der Waals surface area contributed by atoms with Gasteiger partial charge in [-0.1, -0.05) is 13.8 Å². The molecule has 0 aromatic carbocycles. The molecule has 3 N–H and O–H groups in total. The van der Waals surface area contributed by atoms with Gasteiger partial charge in [-0.3, -0.25) is 0 Å². The van der Waals surface area contributed by atoms with E-state index in [1.807, 2.05) is 14.0 Å². The van der Waals surface area contributed by atoms with Gasteiger partial charge in [-0.15, -0.1) is 0 Å². The smallest absolute Gasteiger partial charge is 0.134 e. The van der Waals surface area contributed by atoms with Gasteiger partial charge in [0.15, 0.2) is 0 Å². The summed E-state index contributed by atoms with van der Waals surface area (Å²) in [6, 6.07) is 0. The van der Waals surface area contributed by atoms with Gasteiger partial charge < -0.3 is 15.7 Å². The average molecular weight is 224 g/mol. The summed E-state index contributed by atoms with van der Waals surface area (Å²) < 4.78 is 0. The van der Waals surface area contributed by atoms with Crippen LogP contribution in [0.4, 0.5) is 11.6 Å². The third-order valence-electron chi connectivity index (χ3n) is 2.47.